The van der Waals surface area contributed by atoms with Gasteiger partial charge in [0.2, 0.25) is 5.91 Å². The van der Waals surface area contributed by atoms with Crippen molar-refractivity contribution in [2.24, 2.45) is 5.92 Å². The van der Waals surface area contributed by atoms with Crippen LogP contribution in [0.2, 0.25) is 0 Å². The average Bonchev–Trinajstić information content (AvgIpc) is 2.55. The molecule has 4 nitrogen and oxygen atoms in total. The Kier molecular flexibility index (Phi) is 6.45. The van der Waals surface area contributed by atoms with Crippen LogP contribution in [0.4, 0.5) is 11.4 Å². The molecule has 1 amide bonds. The van der Waals surface area contributed by atoms with Crippen LogP contribution in [0.1, 0.15) is 30.5 Å². The highest BCUT2D eigenvalue weighted by Crippen LogP contribution is 2.25. The molecule has 0 bridgehead atoms. The topological polar surface area (TPSA) is 50.4 Å². The standard InChI is InChI=1S/C21H28N2O2/c1-14(2)13-25-19-9-7-6-8-18(19)22-12-20(24)23-21-16(4)10-15(3)11-17(21)5/h6-11,14,22H,12-13H2,1-5H3,(H,23,24). The van der Waals surface area contributed by atoms with Gasteiger partial charge < -0.3 is 15.4 Å². The highest BCUT2D eigenvalue weighted by Gasteiger charge is 2.10. The first-order valence-electron chi connectivity index (χ1n) is 8.70. The zero-order valence-corrected chi connectivity index (χ0v) is 15.8. The van der Waals surface area contributed by atoms with Crippen molar-refractivity contribution >= 4 is 17.3 Å². The quantitative estimate of drug-likeness (QED) is 0.768. The van der Waals surface area contributed by atoms with Crippen molar-refractivity contribution in [3.05, 3.63) is 53.1 Å². The van der Waals surface area contributed by atoms with E-state index >= 15 is 0 Å². The Morgan fingerprint density at radius 2 is 1.72 bits per heavy atom. The van der Waals surface area contributed by atoms with Crippen molar-refractivity contribution in [1.82, 2.24) is 0 Å². The minimum absolute atomic E-state index is 0.0753. The van der Waals surface area contributed by atoms with E-state index in [1.807, 2.05) is 38.1 Å². The summed E-state index contributed by atoms with van der Waals surface area (Å²) in [6.45, 7) is 11.1. The molecule has 0 unspecified atom stereocenters. The van der Waals surface area contributed by atoms with Gasteiger partial charge in [-0.2, -0.15) is 0 Å². The first kappa shape index (κ1) is 18.8. The molecule has 0 aliphatic heterocycles. The van der Waals surface area contributed by atoms with E-state index in [9.17, 15) is 4.79 Å². The van der Waals surface area contributed by atoms with E-state index in [1.54, 1.807) is 0 Å². The minimum atomic E-state index is -0.0753. The van der Waals surface area contributed by atoms with E-state index in [1.165, 1.54) is 5.56 Å². The van der Waals surface area contributed by atoms with Gasteiger partial charge in [0.1, 0.15) is 5.75 Å². The molecule has 0 atom stereocenters. The summed E-state index contributed by atoms with van der Waals surface area (Å²) in [6.07, 6.45) is 0. The van der Waals surface area contributed by atoms with Crippen LogP contribution < -0.4 is 15.4 Å². The van der Waals surface area contributed by atoms with E-state index in [4.69, 9.17) is 4.74 Å². The molecule has 0 radical (unpaired) electrons. The van der Waals surface area contributed by atoms with Crippen LogP contribution in [0.25, 0.3) is 0 Å². The third kappa shape index (κ3) is 5.52. The van der Waals surface area contributed by atoms with Crippen LogP contribution >= 0.6 is 0 Å². The van der Waals surface area contributed by atoms with Gasteiger partial charge in [-0.05, 0) is 49.9 Å². The molecule has 2 aromatic carbocycles. The second-order valence-corrected chi connectivity index (χ2v) is 6.88. The fourth-order valence-corrected chi connectivity index (χ4v) is 2.73. The van der Waals surface area contributed by atoms with Gasteiger partial charge >= 0.3 is 0 Å². The summed E-state index contributed by atoms with van der Waals surface area (Å²) in [5, 5.41) is 6.17. The van der Waals surface area contributed by atoms with E-state index < -0.39 is 0 Å². The molecule has 0 saturated carbocycles. The SMILES string of the molecule is Cc1cc(C)c(NC(=O)CNc2ccccc2OCC(C)C)c(C)c1. The van der Waals surface area contributed by atoms with Gasteiger partial charge in [0.15, 0.2) is 0 Å². The Morgan fingerprint density at radius 1 is 1.08 bits per heavy atom. The largest absolute Gasteiger partial charge is 0.491 e. The number of aryl methyl sites for hydroxylation is 3. The normalized spacial score (nSPS) is 10.6. The number of para-hydroxylation sites is 2. The third-order valence-electron chi connectivity index (χ3n) is 3.84. The number of hydrogen-bond acceptors (Lipinski definition) is 3. The van der Waals surface area contributed by atoms with Crippen LogP contribution in [0.5, 0.6) is 5.75 Å². The molecular formula is C21H28N2O2. The Balaban J connectivity index is 1.99. The summed E-state index contributed by atoms with van der Waals surface area (Å²) >= 11 is 0. The predicted molar refractivity (Wildman–Crippen MR) is 105 cm³/mol. The molecule has 134 valence electrons. The number of hydrogen-bond donors (Lipinski definition) is 2. The average molecular weight is 340 g/mol. The van der Waals surface area contributed by atoms with Crippen molar-refractivity contribution in [2.45, 2.75) is 34.6 Å². The van der Waals surface area contributed by atoms with E-state index in [2.05, 4.69) is 43.5 Å². The molecule has 4 heteroatoms. The molecule has 2 N–H and O–H groups in total. The lowest BCUT2D eigenvalue weighted by Crippen LogP contribution is -2.23. The van der Waals surface area contributed by atoms with E-state index in [-0.39, 0.29) is 12.5 Å². The molecule has 0 fully saturated rings. The third-order valence-corrected chi connectivity index (χ3v) is 3.84. The molecule has 0 heterocycles. The Morgan fingerprint density at radius 3 is 2.36 bits per heavy atom. The van der Waals surface area contributed by atoms with Crippen LogP contribution in [-0.2, 0) is 4.79 Å². The van der Waals surface area contributed by atoms with Crippen molar-refractivity contribution in [3.63, 3.8) is 0 Å². The van der Waals surface area contributed by atoms with Crippen molar-refractivity contribution in [3.8, 4) is 5.75 Å². The van der Waals surface area contributed by atoms with Crippen LogP contribution in [0.3, 0.4) is 0 Å². The molecule has 0 aliphatic rings. The molecule has 0 aromatic heterocycles. The highest BCUT2D eigenvalue weighted by atomic mass is 16.5. The molecule has 0 aliphatic carbocycles. The summed E-state index contributed by atoms with van der Waals surface area (Å²) in [5.41, 5.74) is 5.07. The monoisotopic (exact) mass is 340 g/mol. The molecular weight excluding hydrogens is 312 g/mol. The van der Waals surface area contributed by atoms with E-state index in [0.29, 0.717) is 12.5 Å². The first-order valence-corrected chi connectivity index (χ1v) is 8.70. The summed E-state index contributed by atoms with van der Waals surface area (Å²) in [5.74, 6) is 1.14. The summed E-state index contributed by atoms with van der Waals surface area (Å²) in [4.78, 5) is 12.3. The van der Waals surface area contributed by atoms with Crippen LogP contribution in [-0.4, -0.2) is 19.1 Å². The summed E-state index contributed by atoms with van der Waals surface area (Å²) in [7, 11) is 0. The predicted octanol–water partition coefficient (Wildman–Crippen LogP) is 4.70. The lowest BCUT2D eigenvalue weighted by Gasteiger charge is -2.16. The maximum absolute atomic E-state index is 12.3. The zero-order valence-electron chi connectivity index (χ0n) is 15.8. The first-order chi connectivity index (χ1) is 11.9. The highest BCUT2D eigenvalue weighted by molar-refractivity contribution is 5.95. The second-order valence-electron chi connectivity index (χ2n) is 6.88. The summed E-state index contributed by atoms with van der Waals surface area (Å²) in [6, 6.07) is 11.8. The van der Waals surface area contributed by atoms with Crippen molar-refractivity contribution in [1.29, 1.82) is 0 Å². The van der Waals surface area contributed by atoms with Gasteiger partial charge in [0.25, 0.3) is 0 Å². The number of rotatable bonds is 7. The fourth-order valence-electron chi connectivity index (χ4n) is 2.73. The number of anilines is 2. The van der Waals surface area contributed by atoms with E-state index in [0.717, 1.165) is 28.3 Å². The van der Waals surface area contributed by atoms with Gasteiger partial charge in [-0.15, -0.1) is 0 Å². The fraction of sp³-hybridized carbons (Fsp3) is 0.381. The number of benzene rings is 2. The lowest BCUT2D eigenvalue weighted by atomic mass is 10.1. The number of ether oxygens (including phenoxy) is 1. The number of amides is 1. The Hall–Kier alpha value is -2.49. The number of nitrogens with one attached hydrogen (secondary N) is 2. The Labute approximate surface area is 150 Å². The van der Waals surface area contributed by atoms with Gasteiger partial charge in [-0.1, -0.05) is 43.7 Å². The molecule has 0 saturated heterocycles. The molecule has 0 spiro atoms. The maximum Gasteiger partial charge on any atom is 0.243 e. The molecule has 2 aromatic rings. The number of carbonyl (C=O) groups excluding carboxylic acids is 1. The Bertz CT molecular complexity index is 715. The van der Waals surface area contributed by atoms with Crippen LogP contribution in [0, 0.1) is 26.7 Å². The molecule has 25 heavy (non-hydrogen) atoms. The molecule has 2 rings (SSSR count). The maximum atomic E-state index is 12.3. The number of carbonyl (C=O) groups is 1. The summed E-state index contributed by atoms with van der Waals surface area (Å²) < 4.78 is 5.81. The smallest absolute Gasteiger partial charge is 0.243 e. The van der Waals surface area contributed by atoms with Crippen molar-refractivity contribution < 1.29 is 9.53 Å². The van der Waals surface area contributed by atoms with Crippen LogP contribution in [0.15, 0.2) is 36.4 Å². The van der Waals surface area contributed by atoms with Gasteiger partial charge in [-0.25, -0.2) is 0 Å². The van der Waals surface area contributed by atoms with Crippen molar-refractivity contribution in [2.75, 3.05) is 23.8 Å². The zero-order chi connectivity index (χ0) is 18.4. The van der Waals surface area contributed by atoms with Gasteiger partial charge in [0.05, 0.1) is 18.8 Å². The van der Waals surface area contributed by atoms with Gasteiger partial charge in [-0.3, -0.25) is 4.79 Å². The second kappa shape index (κ2) is 8.56. The van der Waals surface area contributed by atoms with Gasteiger partial charge in [0, 0.05) is 5.69 Å². The minimum Gasteiger partial charge on any atom is -0.491 e. The lowest BCUT2D eigenvalue weighted by molar-refractivity contribution is -0.114.